The molecule has 2 N–H and O–H groups in total. The fourth-order valence-electron chi connectivity index (χ4n) is 1.62. The molecule has 0 unspecified atom stereocenters. The SMILES string of the molecule is Cc1cc(C(C)(C)C)ccc1N(C)C(N)=O. The first-order chi connectivity index (χ1) is 7.23. The summed E-state index contributed by atoms with van der Waals surface area (Å²) in [4.78, 5) is 12.5. The average molecular weight is 220 g/mol. The number of nitrogens with two attached hydrogens (primary N) is 1. The first kappa shape index (κ1) is 12.6. The van der Waals surface area contributed by atoms with Crippen molar-refractivity contribution in [2.24, 2.45) is 5.73 Å². The van der Waals surface area contributed by atoms with Crippen molar-refractivity contribution in [3.63, 3.8) is 0 Å². The normalized spacial score (nSPS) is 11.3. The zero-order valence-electron chi connectivity index (χ0n) is 10.7. The lowest BCUT2D eigenvalue weighted by atomic mass is 9.86. The van der Waals surface area contributed by atoms with E-state index in [0.29, 0.717) is 0 Å². The number of rotatable bonds is 1. The van der Waals surface area contributed by atoms with Crippen LogP contribution in [0.1, 0.15) is 31.9 Å². The number of anilines is 1. The van der Waals surface area contributed by atoms with E-state index in [0.717, 1.165) is 11.3 Å². The summed E-state index contributed by atoms with van der Waals surface area (Å²) in [5.74, 6) is 0. The second-order valence-corrected chi connectivity index (χ2v) is 5.15. The summed E-state index contributed by atoms with van der Waals surface area (Å²) in [5, 5.41) is 0. The van der Waals surface area contributed by atoms with Crippen molar-refractivity contribution < 1.29 is 4.79 Å². The van der Waals surface area contributed by atoms with Crippen molar-refractivity contribution in [2.45, 2.75) is 33.1 Å². The topological polar surface area (TPSA) is 46.3 Å². The number of benzene rings is 1. The van der Waals surface area contributed by atoms with E-state index in [9.17, 15) is 4.79 Å². The van der Waals surface area contributed by atoms with Crippen LogP contribution >= 0.6 is 0 Å². The van der Waals surface area contributed by atoms with Gasteiger partial charge in [-0.15, -0.1) is 0 Å². The number of carbonyl (C=O) groups excluding carboxylic acids is 1. The van der Waals surface area contributed by atoms with Crippen molar-refractivity contribution in [1.82, 2.24) is 0 Å². The van der Waals surface area contributed by atoms with Crippen LogP contribution in [0.5, 0.6) is 0 Å². The van der Waals surface area contributed by atoms with E-state index in [1.54, 1.807) is 7.05 Å². The molecule has 0 atom stereocenters. The van der Waals surface area contributed by atoms with Crippen LogP contribution in [0.2, 0.25) is 0 Å². The highest BCUT2D eigenvalue weighted by atomic mass is 16.2. The largest absolute Gasteiger partial charge is 0.351 e. The minimum atomic E-state index is -0.438. The maximum Gasteiger partial charge on any atom is 0.319 e. The lowest BCUT2D eigenvalue weighted by molar-refractivity contribution is 0.255. The van der Waals surface area contributed by atoms with Gasteiger partial charge in [0.05, 0.1) is 0 Å². The monoisotopic (exact) mass is 220 g/mol. The summed E-state index contributed by atoms with van der Waals surface area (Å²) in [6, 6.07) is 5.66. The van der Waals surface area contributed by atoms with Crippen molar-refractivity contribution >= 4 is 11.7 Å². The highest BCUT2D eigenvalue weighted by molar-refractivity contribution is 5.90. The second kappa shape index (κ2) is 4.16. The van der Waals surface area contributed by atoms with Crippen LogP contribution in [0, 0.1) is 6.92 Å². The highest BCUT2D eigenvalue weighted by Crippen LogP contribution is 2.27. The van der Waals surface area contributed by atoms with E-state index < -0.39 is 6.03 Å². The Hall–Kier alpha value is -1.51. The maximum atomic E-state index is 11.1. The van der Waals surface area contributed by atoms with Crippen LogP contribution in [0.15, 0.2) is 18.2 Å². The molecule has 0 bridgehead atoms. The van der Waals surface area contributed by atoms with Gasteiger partial charge in [-0.2, -0.15) is 0 Å². The van der Waals surface area contributed by atoms with E-state index in [4.69, 9.17) is 5.73 Å². The molecule has 1 aromatic rings. The molecule has 0 fully saturated rings. The van der Waals surface area contributed by atoms with Crippen molar-refractivity contribution in [3.05, 3.63) is 29.3 Å². The number of hydrogen-bond acceptors (Lipinski definition) is 1. The quantitative estimate of drug-likeness (QED) is 0.777. The van der Waals surface area contributed by atoms with E-state index in [1.165, 1.54) is 10.5 Å². The number of nitrogens with zero attached hydrogens (tertiary/aromatic N) is 1. The summed E-state index contributed by atoms with van der Waals surface area (Å²) < 4.78 is 0. The molecule has 0 saturated carbocycles. The number of urea groups is 1. The smallest absolute Gasteiger partial charge is 0.319 e. The third-order valence-corrected chi connectivity index (χ3v) is 2.75. The standard InChI is InChI=1S/C13H20N2O/c1-9-8-10(13(2,3)4)6-7-11(9)15(5)12(14)16/h6-8H,1-5H3,(H2,14,16). The zero-order valence-corrected chi connectivity index (χ0v) is 10.7. The third kappa shape index (κ3) is 2.54. The fraction of sp³-hybridized carbons (Fsp3) is 0.462. The summed E-state index contributed by atoms with van der Waals surface area (Å²) in [6.07, 6.45) is 0. The van der Waals surface area contributed by atoms with Crippen molar-refractivity contribution in [1.29, 1.82) is 0 Å². The molecule has 0 spiro atoms. The van der Waals surface area contributed by atoms with E-state index in [1.807, 2.05) is 19.1 Å². The van der Waals surface area contributed by atoms with Crippen LogP contribution in [0.25, 0.3) is 0 Å². The number of primary amides is 1. The number of carbonyl (C=O) groups is 1. The molecule has 1 aromatic carbocycles. The van der Waals surface area contributed by atoms with Crippen LogP contribution in [-0.4, -0.2) is 13.1 Å². The van der Waals surface area contributed by atoms with Crippen LogP contribution in [0.4, 0.5) is 10.5 Å². The van der Waals surface area contributed by atoms with Gasteiger partial charge in [-0.25, -0.2) is 4.79 Å². The van der Waals surface area contributed by atoms with Gasteiger partial charge < -0.3 is 5.73 Å². The van der Waals surface area contributed by atoms with E-state index >= 15 is 0 Å². The van der Waals surface area contributed by atoms with Gasteiger partial charge in [-0.3, -0.25) is 4.90 Å². The number of amides is 2. The van der Waals surface area contributed by atoms with Crippen molar-refractivity contribution in [3.8, 4) is 0 Å². The molecule has 0 saturated heterocycles. The second-order valence-electron chi connectivity index (χ2n) is 5.15. The molecule has 0 aliphatic carbocycles. The molecule has 3 nitrogen and oxygen atoms in total. The maximum absolute atomic E-state index is 11.1. The average Bonchev–Trinajstić information content (AvgIpc) is 2.15. The Morgan fingerprint density at radius 2 is 1.88 bits per heavy atom. The number of aryl methyl sites for hydroxylation is 1. The Labute approximate surface area is 97.2 Å². The van der Waals surface area contributed by atoms with Gasteiger partial charge in [-0.1, -0.05) is 32.9 Å². The summed E-state index contributed by atoms with van der Waals surface area (Å²) in [7, 11) is 1.68. The molecule has 0 aliphatic rings. The highest BCUT2D eigenvalue weighted by Gasteiger charge is 2.16. The Morgan fingerprint density at radius 3 is 2.25 bits per heavy atom. The Morgan fingerprint density at radius 1 is 1.31 bits per heavy atom. The van der Waals surface area contributed by atoms with Gasteiger partial charge in [-0.05, 0) is 29.5 Å². The van der Waals surface area contributed by atoms with Gasteiger partial charge in [0.15, 0.2) is 0 Å². The molecule has 16 heavy (non-hydrogen) atoms. The zero-order chi connectivity index (χ0) is 12.5. The molecular formula is C13H20N2O. The lowest BCUT2D eigenvalue weighted by Crippen LogP contribution is -2.32. The lowest BCUT2D eigenvalue weighted by Gasteiger charge is -2.23. The predicted octanol–water partition coefficient (Wildman–Crippen LogP) is 2.81. The predicted molar refractivity (Wildman–Crippen MR) is 67.9 cm³/mol. The van der Waals surface area contributed by atoms with Crippen LogP contribution in [0.3, 0.4) is 0 Å². The van der Waals surface area contributed by atoms with Gasteiger partial charge in [0.1, 0.15) is 0 Å². The van der Waals surface area contributed by atoms with Crippen LogP contribution in [-0.2, 0) is 5.41 Å². The van der Waals surface area contributed by atoms with Gasteiger partial charge in [0, 0.05) is 12.7 Å². The van der Waals surface area contributed by atoms with Gasteiger partial charge >= 0.3 is 6.03 Å². The Kier molecular flexibility index (Phi) is 3.27. The van der Waals surface area contributed by atoms with E-state index in [-0.39, 0.29) is 5.41 Å². The van der Waals surface area contributed by atoms with Crippen molar-refractivity contribution in [2.75, 3.05) is 11.9 Å². The third-order valence-electron chi connectivity index (χ3n) is 2.75. The van der Waals surface area contributed by atoms with E-state index in [2.05, 4.69) is 26.8 Å². The summed E-state index contributed by atoms with van der Waals surface area (Å²) >= 11 is 0. The Bertz CT molecular complexity index is 405. The summed E-state index contributed by atoms with van der Waals surface area (Å²) in [5.41, 5.74) is 8.55. The number of hydrogen-bond donors (Lipinski definition) is 1. The molecule has 1 rings (SSSR count). The minimum Gasteiger partial charge on any atom is -0.351 e. The molecule has 88 valence electrons. The minimum absolute atomic E-state index is 0.120. The first-order valence-electron chi connectivity index (χ1n) is 5.38. The molecule has 0 aliphatic heterocycles. The van der Waals surface area contributed by atoms with Crippen LogP contribution < -0.4 is 10.6 Å². The fourth-order valence-corrected chi connectivity index (χ4v) is 1.62. The first-order valence-corrected chi connectivity index (χ1v) is 5.38. The molecule has 0 radical (unpaired) electrons. The molecule has 3 heteroatoms. The molecule has 0 heterocycles. The Balaban J connectivity index is 3.15. The molecular weight excluding hydrogens is 200 g/mol. The molecule has 2 amide bonds. The van der Waals surface area contributed by atoms with Gasteiger partial charge in [0.2, 0.25) is 0 Å². The molecule has 0 aromatic heterocycles. The van der Waals surface area contributed by atoms with Gasteiger partial charge in [0.25, 0.3) is 0 Å². The summed E-state index contributed by atoms with van der Waals surface area (Å²) in [6.45, 7) is 8.49.